The van der Waals surface area contributed by atoms with Crippen LogP contribution in [0.4, 0.5) is 0 Å². The van der Waals surface area contributed by atoms with Gasteiger partial charge in [0, 0.05) is 0 Å². The smallest absolute Gasteiger partial charge is 0.0973 e. The summed E-state index contributed by atoms with van der Waals surface area (Å²) >= 11 is 5.24. The molecule has 0 aliphatic heterocycles. The first kappa shape index (κ1) is 5.06. The summed E-state index contributed by atoms with van der Waals surface area (Å²) in [5.74, 6) is 0. The van der Waals surface area contributed by atoms with Crippen LogP contribution in [0, 0.1) is 0 Å². The molecular formula is C2H4Al2. The number of hydrogen-bond donors (Lipinski definition) is 0. The van der Waals surface area contributed by atoms with Gasteiger partial charge in [-0.3, -0.25) is 0 Å². The Morgan fingerprint density at radius 1 is 1.50 bits per heavy atom. The van der Waals surface area contributed by atoms with Gasteiger partial charge in [0.25, 0.3) is 0 Å². The van der Waals surface area contributed by atoms with Crippen LogP contribution in [-0.2, 0) is 0 Å². The molecule has 4 heavy (non-hydrogen) atoms. The van der Waals surface area contributed by atoms with Crippen molar-refractivity contribution in [3.63, 3.8) is 0 Å². The molecule has 18 valence electrons. The van der Waals surface area contributed by atoms with Crippen molar-refractivity contribution in [3.8, 4) is 0 Å². The number of rotatable bonds is 0. The van der Waals surface area contributed by atoms with E-state index in [-0.39, 0.29) is 0 Å². The summed E-state index contributed by atoms with van der Waals surface area (Å²) < 4.78 is 0.667. The van der Waals surface area contributed by atoms with E-state index >= 15 is 0 Å². The molecule has 0 aromatic heterocycles. The first-order valence-corrected chi connectivity index (χ1v) is 2.58. The zero-order chi connectivity index (χ0) is 3.58. The Bertz CT molecular complexity index is 8.75. The second kappa shape index (κ2) is 2.31. The maximum Gasteiger partial charge on any atom is 0.0973 e. The standard InChI is InChI=1S/C2H4.2Al/c1-2;;/h1H,2H3;;. The summed E-state index contributed by atoms with van der Waals surface area (Å²) in [5.41, 5.74) is 0. The fraction of sp³-hybridized carbons (Fsp3) is 1.00. The fourth-order valence-electron chi connectivity index (χ4n) is 0. The predicted molar refractivity (Wildman–Crippen MR) is 20.9 cm³/mol. The molecule has 0 aliphatic carbocycles. The van der Waals surface area contributed by atoms with Gasteiger partial charge in [-0.15, -0.1) is 0 Å². The highest BCUT2D eigenvalue weighted by Crippen LogP contribution is 1.77. The van der Waals surface area contributed by atoms with Crippen LogP contribution < -0.4 is 0 Å². The second-order valence-electron chi connectivity index (χ2n) is 0.859. The van der Waals surface area contributed by atoms with Gasteiger partial charge in [0.15, 0.2) is 0 Å². The van der Waals surface area contributed by atoms with Gasteiger partial charge in [-0.05, 0) is 0 Å². The molecule has 0 aromatic carbocycles. The molecular weight excluding hydrogens is 78.0 g/mol. The summed E-state index contributed by atoms with van der Waals surface area (Å²) in [6.45, 7) is 2.09. The maximum atomic E-state index is 2.62. The molecule has 0 rings (SSSR count). The third-order valence-corrected chi connectivity index (χ3v) is 0. The summed E-state index contributed by atoms with van der Waals surface area (Å²) in [5, 5.41) is 0. The van der Waals surface area contributed by atoms with Crippen LogP contribution in [0.1, 0.15) is 6.92 Å². The Labute approximate surface area is 43.4 Å². The van der Waals surface area contributed by atoms with E-state index in [2.05, 4.69) is 39.5 Å². The molecule has 4 radical (unpaired) electrons. The molecule has 0 N–H and O–H groups in total. The quantitative estimate of drug-likeness (QED) is 0.363. The average molecular weight is 82.0 g/mol. The number of hydrogen-bond acceptors (Lipinski definition) is 0. The molecule has 0 aliphatic rings. The zero-order valence-electron chi connectivity index (χ0n) is 2.73. The molecule has 0 atom stereocenters. The van der Waals surface area contributed by atoms with Gasteiger partial charge < -0.3 is 0 Å². The lowest BCUT2D eigenvalue weighted by molar-refractivity contribution is 1.36. The molecule has 0 heterocycles. The minimum Gasteiger partial charge on any atom is -0.164 e. The van der Waals surface area contributed by atoms with Crippen LogP contribution in [0.2, 0.25) is 3.64 Å². The van der Waals surface area contributed by atoms with Crippen molar-refractivity contribution in [3.05, 3.63) is 0 Å². The lowest BCUT2D eigenvalue weighted by atomic mass is 10.9. The molecule has 0 saturated heterocycles. The van der Waals surface area contributed by atoms with Crippen LogP contribution in [-0.4, -0.2) is 32.6 Å². The van der Waals surface area contributed by atoms with Crippen molar-refractivity contribution in [2.45, 2.75) is 10.6 Å². The summed E-state index contributed by atoms with van der Waals surface area (Å²) in [4.78, 5) is 0. The highest BCUT2D eigenvalue weighted by Gasteiger charge is 1.67. The molecule has 0 saturated carbocycles. The van der Waals surface area contributed by atoms with E-state index in [1.807, 2.05) is 0 Å². The van der Waals surface area contributed by atoms with E-state index in [9.17, 15) is 0 Å². The van der Waals surface area contributed by atoms with Crippen molar-refractivity contribution in [1.29, 1.82) is 0 Å². The van der Waals surface area contributed by atoms with Gasteiger partial charge in [0.2, 0.25) is 0 Å². The molecule has 2 heteroatoms. The van der Waals surface area contributed by atoms with E-state index in [1.54, 1.807) is 0 Å². The highest BCUT2D eigenvalue weighted by molar-refractivity contribution is 6.34. The maximum absolute atomic E-state index is 2.62. The first-order chi connectivity index (χ1) is 1.73. The van der Waals surface area contributed by atoms with Gasteiger partial charge in [-0.25, -0.2) is 0 Å². The average Bonchev–Trinajstić information content (AvgIpc) is 0.811. The first-order valence-electron chi connectivity index (χ1n) is 1.24. The Morgan fingerprint density at radius 3 is 1.50 bits per heavy atom. The topological polar surface area (TPSA) is 0 Å². The SMILES string of the molecule is C[CH]([Al])[Al]. The molecule has 0 amide bonds. The molecule has 0 aromatic rings. The highest BCUT2D eigenvalue weighted by atomic mass is 27.1. The third kappa shape index (κ3) is 11.5. The molecule has 0 bridgehead atoms. The normalized spacial score (nSPS) is 8.50. The van der Waals surface area contributed by atoms with Crippen molar-refractivity contribution in [2.24, 2.45) is 0 Å². The Hall–Kier alpha value is 1.06. The van der Waals surface area contributed by atoms with Crippen LogP contribution in [0.25, 0.3) is 0 Å². The van der Waals surface area contributed by atoms with Crippen molar-refractivity contribution in [2.75, 3.05) is 0 Å². The van der Waals surface area contributed by atoms with Crippen molar-refractivity contribution in [1.82, 2.24) is 0 Å². The van der Waals surface area contributed by atoms with E-state index in [4.69, 9.17) is 0 Å². The minimum absolute atomic E-state index is 0.667. The largest absolute Gasteiger partial charge is 0.164 e. The minimum atomic E-state index is 0.667. The molecule has 0 nitrogen and oxygen atoms in total. The van der Waals surface area contributed by atoms with Gasteiger partial charge in [-0.1, -0.05) is 6.92 Å². The van der Waals surface area contributed by atoms with E-state index < -0.39 is 0 Å². The fourth-order valence-corrected chi connectivity index (χ4v) is 0. The Morgan fingerprint density at radius 2 is 1.50 bits per heavy atom. The second-order valence-corrected chi connectivity index (χ2v) is 3.73. The van der Waals surface area contributed by atoms with Gasteiger partial charge in [-0.2, -0.15) is 3.64 Å². The van der Waals surface area contributed by atoms with Crippen molar-refractivity contribution >= 4 is 32.6 Å². The zero-order valence-corrected chi connectivity index (χ0v) is 5.04. The predicted octanol–water partition coefficient (Wildman–Crippen LogP) is 0.0893. The lowest BCUT2D eigenvalue weighted by Gasteiger charge is -1.80. The Kier molecular flexibility index (Phi) is 2.93. The van der Waals surface area contributed by atoms with E-state index in [1.165, 1.54) is 0 Å². The molecule has 0 unspecified atom stereocenters. The van der Waals surface area contributed by atoms with Gasteiger partial charge >= 0.3 is 0 Å². The monoisotopic (exact) mass is 82.0 g/mol. The Balaban J connectivity index is 2.32. The molecule has 0 spiro atoms. The lowest BCUT2D eigenvalue weighted by Crippen LogP contribution is -1.76. The van der Waals surface area contributed by atoms with Crippen LogP contribution in [0.15, 0.2) is 0 Å². The summed E-state index contributed by atoms with van der Waals surface area (Å²) in [6.07, 6.45) is 0. The van der Waals surface area contributed by atoms with Crippen molar-refractivity contribution < 1.29 is 0 Å². The van der Waals surface area contributed by atoms with Crippen LogP contribution >= 0.6 is 0 Å². The summed E-state index contributed by atoms with van der Waals surface area (Å²) in [7, 11) is 0. The van der Waals surface area contributed by atoms with E-state index in [0.29, 0.717) is 3.64 Å². The molecule has 0 fully saturated rings. The van der Waals surface area contributed by atoms with E-state index in [0.717, 1.165) is 0 Å². The van der Waals surface area contributed by atoms with Gasteiger partial charge in [0.1, 0.15) is 0 Å². The third-order valence-electron chi connectivity index (χ3n) is 0. The van der Waals surface area contributed by atoms with Gasteiger partial charge in [0.05, 0.1) is 32.6 Å². The van der Waals surface area contributed by atoms with Crippen LogP contribution in [0.5, 0.6) is 0 Å². The summed E-state index contributed by atoms with van der Waals surface area (Å²) in [6, 6.07) is 0. The van der Waals surface area contributed by atoms with Crippen LogP contribution in [0.3, 0.4) is 0 Å².